The highest BCUT2D eigenvalue weighted by molar-refractivity contribution is 6.35. The molecule has 0 saturated heterocycles. The molecule has 0 unspecified atom stereocenters. The van der Waals surface area contributed by atoms with E-state index in [0.717, 1.165) is 11.1 Å². The minimum absolute atomic E-state index is 0.217. The zero-order valence-electron chi connectivity index (χ0n) is 9.49. The fourth-order valence-electron chi connectivity index (χ4n) is 1.64. The van der Waals surface area contributed by atoms with Crippen molar-refractivity contribution in [3.63, 3.8) is 0 Å². The van der Waals surface area contributed by atoms with E-state index in [1.165, 1.54) is 0 Å². The van der Waals surface area contributed by atoms with Crippen molar-refractivity contribution < 1.29 is 4.74 Å². The number of hydrogen-bond donors (Lipinski definition) is 0. The molecule has 0 fully saturated rings. The Bertz CT molecular complexity index is 600. The molecule has 2 rings (SSSR count). The summed E-state index contributed by atoms with van der Waals surface area (Å²) in [4.78, 5) is 0. The largest absolute Gasteiger partial charge is 0.480 e. The predicted molar refractivity (Wildman–Crippen MR) is 76.2 cm³/mol. The van der Waals surface area contributed by atoms with Crippen molar-refractivity contribution in [2.45, 2.75) is 0 Å². The lowest BCUT2D eigenvalue weighted by Crippen LogP contribution is -1.95. The average molecular weight is 277 g/mol. The van der Waals surface area contributed by atoms with E-state index < -0.39 is 0 Å². The van der Waals surface area contributed by atoms with E-state index in [0.29, 0.717) is 15.8 Å². The molecule has 0 amide bonds. The Morgan fingerprint density at radius 2 is 1.83 bits per heavy atom. The number of rotatable bonds is 3. The summed E-state index contributed by atoms with van der Waals surface area (Å²) in [5.74, 6) is 3.13. The van der Waals surface area contributed by atoms with Gasteiger partial charge in [-0.05, 0) is 24.3 Å². The van der Waals surface area contributed by atoms with Crippen LogP contribution < -0.4 is 4.74 Å². The SMILES string of the molecule is C#CCOc1ccccc1-c1cc(Cl)ccc1Cl. The molecule has 0 saturated carbocycles. The summed E-state index contributed by atoms with van der Waals surface area (Å²) in [5, 5.41) is 1.25. The van der Waals surface area contributed by atoms with Crippen molar-refractivity contribution in [2.75, 3.05) is 6.61 Å². The molecule has 18 heavy (non-hydrogen) atoms. The van der Waals surface area contributed by atoms with Crippen molar-refractivity contribution >= 4 is 23.2 Å². The molecule has 2 aromatic rings. The first-order valence-electron chi connectivity index (χ1n) is 5.33. The van der Waals surface area contributed by atoms with Crippen LogP contribution in [0.2, 0.25) is 10.0 Å². The summed E-state index contributed by atoms with van der Waals surface area (Å²) < 4.78 is 5.50. The lowest BCUT2D eigenvalue weighted by Gasteiger charge is -2.11. The minimum Gasteiger partial charge on any atom is -0.480 e. The second-order valence-corrected chi connectivity index (χ2v) is 4.46. The molecule has 0 spiro atoms. The highest BCUT2D eigenvalue weighted by Crippen LogP contribution is 2.36. The van der Waals surface area contributed by atoms with Crippen LogP contribution in [-0.4, -0.2) is 6.61 Å². The topological polar surface area (TPSA) is 9.23 Å². The molecule has 0 aliphatic carbocycles. The Hall–Kier alpha value is -1.62. The van der Waals surface area contributed by atoms with Gasteiger partial charge in [0.15, 0.2) is 0 Å². The van der Waals surface area contributed by atoms with Crippen LogP contribution in [0.15, 0.2) is 42.5 Å². The van der Waals surface area contributed by atoms with Crippen LogP contribution in [0.1, 0.15) is 0 Å². The van der Waals surface area contributed by atoms with Gasteiger partial charge in [-0.1, -0.05) is 47.3 Å². The zero-order valence-corrected chi connectivity index (χ0v) is 11.0. The van der Waals surface area contributed by atoms with Gasteiger partial charge in [-0.25, -0.2) is 0 Å². The van der Waals surface area contributed by atoms with E-state index >= 15 is 0 Å². The maximum atomic E-state index is 6.18. The van der Waals surface area contributed by atoms with E-state index in [2.05, 4.69) is 5.92 Å². The molecular formula is C15H10Cl2O. The third kappa shape index (κ3) is 2.79. The first kappa shape index (κ1) is 12.8. The molecule has 90 valence electrons. The average Bonchev–Trinajstić information content (AvgIpc) is 2.39. The molecule has 0 atom stereocenters. The number of ether oxygens (including phenoxy) is 1. The summed E-state index contributed by atoms with van der Waals surface area (Å²) in [5.41, 5.74) is 1.71. The second kappa shape index (κ2) is 5.82. The standard InChI is InChI=1S/C15H10Cl2O/c1-2-9-18-15-6-4-3-5-12(15)13-10-11(16)7-8-14(13)17/h1,3-8,10H,9H2. The maximum Gasteiger partial charge on any atom is 0.148 e. The third-order valence-electron chi connectivity index (χ3n) is 2.42. The monoisotopic (exact) mass is 276 g/mol. The Morgan fingerprint density at radius 3 is 2.61 bits per heavy atom. The summed E-state index contributed by atoms with van der Waals surface area (Å²) in [6, 6.07) is 12.9. The zero-order chi connectivity index (χ0) is 13.0. The van der Waals surface area contributed by atoms with Gasteiger partial charge in [-0.3, -0.25) is 0 Å². The van der Waals surface area contributed by atoms with Gasteiger partial charge < -0.3 is 4.74 Å². The third-order valence-corrected chi connectivity index (χ3v) is 2.98. The van der Waals surface area contributed by atoms with Crippen molar-refractivity contribution in [3.05, 3.63) is 52.5 Å². The maximum absolute atomic E-state index is 6.18. The van der Waals surface area contributed by atoms with Crippen molar-refractivity contribution in [1.29, 1.82) is 0 Å². The minimum atomic E-state index is 0.217. The van der Waals surface area contributed by atoms with Crippen molar-refractivity contribution in [1.82, 2.24) is 0 Å². The fraction of sp³-hybridized carbons (Fsp3) is 0.0667. The van der Waals surface area contributed by atoms with Crippen LogP contribution in [0.3, 0.4) is 0 Å². The van der Waals surface area contributed by atoms with Crippen molar-refractivity contribution in [3.8, 4) is 29.2 Å². The number of para-hydroxylation sites is 1. The lowest BCUT2D eigenvalue weighted by atomic mass is 10.0. The van der Waals surface area contributed by atoms with Gasteiger partial charge in [0.1, 0.15) is 12.4 Å². The quantitative estimate of drug-likeness (QED) is 0.740. The summed E-state index contributed by atoms with van der Waals surface area (Å²) in [7, 11) is 0. The van der Waals surface area contributed by atoms with Gasteiger partial charge in [0.2, 0.25) is 0 Å². The molecule has 1 nitrogen and oxygen atoms in total. The fourth-order valence-corrected chi connectivity index (χ4v) is 2.03. The Balaban J connectivity index is 2.50. The second-order valence-electron chi connectivity index (χ2n) is 3.61. The summed E-state index contributed by atoms with van der Waals surface area (Å²) in [6.07, 6.45) is 5.20. The van der Waals surface area contributed by atoms with Crippen LogP contribution in [-0.2, 0) is 0 Å². The van der Waals surface area contributed by atoms with Crippen LogP contribution in [0.4, 0.5) is 0 Å². The molecule has 3 heteroatoms. The van der Waals surface area contributed by atoms with E-state index in [4.69, 9.17) is 34.4 Å². The summed E-state index contributed by atoms with van der Waals surface area (Å²) >= 11 is 12.2. The molecular weight excluding hydrogens is 267 g/mol. The molecule has 0 N–H and O–H groups in total. The van der Waals surface area contributed by atoms with Gasteiger partial charge >= 0.3 is 0 Å². The molecule has 2 aromatic carbocycles. The highest BCUT2D eigenvalue weighted by atomic mass is 35.5. The Labute approximate surface area is 116 Å². The Morgan fingerprint density at radius 1 is 1.06 bits per heavy atom. The van der Waals surface area contributed by atoms with E-state index in [1.54, 1.807) is 12.1 Å². The van der Waals surface area contributed by atoms with Crippen LogP contribution >= 0.6 is 23.2 Å². The first-order valence-corrected chi connectivity index (χ1v) is 6.08. The molecule has 0 radical (unpaired) electrons. The van der Waals surface area contributed by atoms with E-state index in [1.807, 2.05) is 30.3 Å². The number of terminal acetylenes is 1. The van der Waals surface area contributed by atoms with Crippen LogP contribution in [0, 0.1) is 12.3 Å². The first-order chi connectivity index (χ1) is 8.72. The van der Waals surface area contributed by atoms with Gasteiger partial charge in [-0.2, -0.15) is 0 Å². The number of hydrogen-bond acceptors (Lipinski definition) is 1. The van der Waals surface area contributed by atoms with Crippen LogP contribution in [0.25, 0.3) is 11.1 Å². The van der Waals surface area contributed by atoms with E-state index in [-0.39, 0.29) is 6.61 Å². The van der Waals surface area contributed by atoms with Gasteiger partial charge in [0.25, 0.3) is 0 Å². The highest BCUT2D eigenvalue weighted by Gasteiger charge is 2.09. The Kier molecular flexibility index (Phi) is 4.15. The van der Waals surface area contributed by atoms with E-state index in [9.17, 15) is 0 Å². The molecule has 0 aliphatic heterocycles. The summed E-state index contributed by atoms with van der Waals surface area (Å²) in [6.45, 7) is 0.217. The van der Waals surface area contributed by atoms with Gasteiger partial charge in [-0.15, -0.1) is 6.42 Å². The predicted octanol–water partition coefficient (Wildman–Crippen LogP) is 4.67. The lowest BCUT2D eigenvalue weighted by molar-refractivity contribution is 0.372. The molecule has 0 bridgehead atoms. The molecule has 0 heterocycles. The van der Waals surface area contributed by atoms with Crippen molar-refractivity contribution in [2.24, 2.45) is 0 Å². The normalized spacial score (nSPS) is 9.83. The molecule has 0 aromatic heterocycles. The number of halogens is 2. The number of benzene rings is 2. The van der Waals surface area contributed by atoms with Crippen LogP contribution in [0.5, 0.6) is 5.75 Å². The smallest absolute Gasteiger partial charge is 0.148 e. The molecule has 0 aliphatic rings. The van der Waals surface area contributed by atoms with Gasteiger partial charge in [0, 0.05) is 21.2 Å². The van der Waals surface area contributed by atoms with Gasteiger partial charge in [0.05, 0.1) is 0 Å².